The molecule has 0 radical (unpaired) electrons. The molecule has 0 saturated heterocycles. The van der Waals surface area contributed by atoms with Crippen molar-refractivity contribution in [3.63, 3.8) is 0 Å². The Morgan fingerprint density at radius 1 is 1.17 bits per heavy atom. The lowest BCUT2D eigenvalue weighted by Crippen LogP contribution is -2.10. The predicted molar refractivity (Wildman–Crippen MR) is 74.0 cm³/mol. The number of fused-ring (bicyclic) bond motifs is 1. The molecule has 1 aromatic carbocycles. The van der Waals surface area contributed by atoms with E-state index in [1.165, 1.54) is 11.3 Å². The van der Waals surface area contributed by atoms with Crippen LogP contribution in [0.4, 0.5) is 5.69 Å². The number of nitrogens with zero attached hydrogens (tertiary/aromatic N) is 1. The molecule has 0 saturated carbocycles. The highest BCUT2D eigenvalue weighted by Crippen LogP contribution is 2.23. The molecule has 0 aliphatic carbocycles. The molecule has 88 valence electrons. The average Bonchev–Trinajstić information content (AvgIpc) is 2.93. The summed E-state index contributed by atoms with van der Waals surface area (Å²) >= 11 is 1.43. The van der Waals surface area contributed by atoms with Crippen LogP contribution in [-0.2, 0) is 0 Å². The summed E-state index contributed by atoms with van der Waals surface area (Å²) in [4.78, 5) is 16.8. The highest BCUT2D eigenvalue weighted by Gasteiger charge is 2.08. The molecule has 0 bridgehead atoms. The van der Waals surface area contributed by atoms with E-state index >= 15 is 0 Å². The Bertz CT molecular complexity index is 687. The van der Waals surface area contributed by atoms with Gasteiger partial charge in [-0.1, -0.05) is 18.2 Å². The number of hydrogen-bond acceptors (Lipinski definition) is 3. The van der Waals surface area contributed by atoms with Gasteiger partial charge in [-0.2, -0.15) is 0 Å². The Kier molecular flexibility index (Phi) is 2.78. The Morgan fingerprint density at radius 3 is 2.94 bits per heavy atom. The van der Waals surface area contributed by atoms with Crippen LogP contribution in [0.25, 0.3) is 10.8 Å². The molecule has 4 heteroatoms. The zero-order chi connectivity index (χ0) is 12.4. The molecule has 3 nitrogen and oxygen atoms in total. The maximum atomic E-state index is 12.0. The number of amides is 1. The molecule has 0 fully saturated rings. The van der Waals surface area contributed by atoms with E-state index in [0.29, 0.717) is 4.88 Å². The first-order valence-corrected chi connectivity index (χ1v) is 6.40. The number of carbonyl (C=O) groups is 1. The summed E-state index contributed by atoms with van der Waals surface area (Å²) in [5, 5.41) is 6.82. The second-order valence-electron chi connectivity index (χ2n) is 3.83. The smallest absolute Gasteiger partial charge is 0.265 e. The van der Waals surface area contributed by atoms with Gasteiger partial charge in [0.15, 0.2) is 0 Å². The van der Waals surface area contributed by atoms with Crippen molar-refractivity contribution >= 4 is 33.7 Å². The second kappa shape index (κ2) is 4.58. The molecule has 0 aliphatic rings. The Hall–Kier alpha value is -2.20. The number of benzene rings is 1. The molecule has 0 spiro atoms. The molecule has 1 amide bonds. The molecule has 0 aliphatic heterocycles. The quantitative estimate of drug-likeness (QED) is 0.760. The first-order chi connectivity index (χ1) is 8.84. The third-order valence-electron chi connectivity index (χ3n) is 2.68. The number of hydrogen-bond donors (Lipinski definition) is 1. The minimum absolute atomic E-state index is 0.0821. The van der Waals surface area contributed by atoms with Crippen LogP contribution in [0.5, 0.6) is 0 Å². The maximum absolute atomic E-state index is 12.0. The summed E-state index contributed by atoms with van der Waals surface area (Å²) in [6, 6.07) is 11.4. The maximum Gasteiger partial charge on any atom is 0.265 e. The highest BCUT2D eigenvalue weighted by molar-refractivity contribution is 7.12. The summed E-state index contributed by atoms with van der Waals surface area (Å²) in [6.45, 7) is 0. The molecule has 3 aromatic rings. The molecule has 1 N–H and O–H groups in total. The van der Waals surface area contributed by atoms with Gasteiger partial charge < -0.3 is 5.32 Å². The third kappa shape index (κ3) is 1.98. The topological polar surface area (TPSA) is 42.0 Å². The first kappa shape index (κ1) is 10.9. The van der Waals surface area contributed by atoms with Crippen LogP contribution in [0.1, 0.15) is 9.67 Å². The minimum atomic E-state index is -0.0821. The van der Waals surface area contributed by atoms with Crippen molar-refractivity contribution in [2.45, 2.75) is 0 Å². The van der Waals surface area contributed by atoms with Gasteiger partial charge in [0.25, 0.3) is 5.91 Å². The molecular formula is C14H10N2OS. The number of anilines is 1. The summed E-state index contributed by atoms with van der Waals surface area (Å²) < 4.78 is 0. The van der Waals surface area contributed by atoms with E-state index in [1.54, 1.807) is 12.4 Å². The van der Waals surface area contributed by atoms with Crippen molar-refractivity contribution in [2.24, 2.45) is 0 Å². The number of carbonyl (C=O) groups excluding carboxylic acids is 1. The van der Waals surface area contributed by atoms with Gasteiger partial charge in [-0.25, -0.2) is 0 Å². The highest BCUT2D eigenvalue weighted by atomic mass is 32.1. The van der Waals surface area contributed by atoms with Crippen molar-refractivity contribution < 1.29 is 4.79 Å². The lowest BCUT2D eigenvalue weighted by atomic mass is 10.1. The van der Waals surface area contributed by atoms with Gasteiger partial charge in [-0.05, 0) is 29.0 Å². The Morgan fingerprint density at radius 2 is 2.11 bits per heavy atom. The van der Waals surface area contributed by atoms with E-state index in [2.05, 4.69) is 10.3 Å². The second-order valence-corrected chi connectivity index (χ2v) is 4.78. The summed E-state index contributed by atoms with van der Waals surface area (Å²) in [5.41, 5.74) is 0.791. The van der Waals surface area contributed by atoms with Crippen molar-refractivity contribution in [3.05, 3.63) is 59.0 Å². The Labute approximate surface area is 108 Å². The fraction of sp³-hybridized carbons (Fsp3) is 0. The van der Waals surface area contributed by atoms with Crippen molar-refractivity contribution in [2.75, 3.05) is 5.32 Å². The molecule has 0 atom stereocenters. The minimum Gasteiger partial charge on any atom is -0.321 e. The van der Waals surface area contributed by atoms with E-state index < -0.39 is 0 Å². The van der Waals surface area contributed by atoms with Crippen LogP contribution in [-0.4, -0.2) is 10.9 Å². The average molecular weight is 254 g/mol. The fourth-order valence-electron chi connectivity index (χ4n) is 1.81. The van der Waals surface area contributed by atoms with Crippen LogP contribution < -0.4 is 5.32 Å². The molecule has 2 heterocycles. The molecule has 0 unspecified atom stereocenters. The number of pyridine rings is 1. The number of aromatic nitrogens is 1. The first-order valence-electron chi connectivity index (χ1n) is 5.52. The van der Waals surface area contributed by atoms with Gasteiger partial charge in [0, 0.05) is 17.8 Å². The molecule has 3 rings (SSSR count). The van der Waals surface area contributed by atoms with Gasteiger partial charge in [0.2, 0.25) is 0 Å². The van der Waals surface area contributed by atoms with Crippen molar-refractivity contribution in [3.8, 4) is 0 Å². The van der Waals surface area contributed by atoms with E-state index in [9.17, 15) is 4.79 Å². The molecule has 18 heavy (non-hydrogen) atoms. The summed E-state index contributed by atoms with van der Waals surface area (Å²) in [5.74, 6) is -0.0821. The van der Waals surface area contributed by atoms with Gasteiger partial charge >= 0.3 is 0 Å². The Balaban J connectivity index is 1.98. The van der Waals surface area contributed by atoms with Crippen LogP contribution in [0, 0.1) is 0 Å². The van der Waals surface area contributed by atoms with E-state index in [1.807, 2.05) is 41.8 Å². The number of nitrogens with one attached hydrogen (secondary N) is 1. The van der Waals surface area contributed by atoms with Crippen LogP contribution in [0.3, 0.4) is 0 Å². The van der Waals surface area contributed by atoms with Crippen molar-refractivity contribution in [1.29, 1.82) is 0 Å². The van der Waals surface area contributed by atoms with Gasteiger partial charge in [0.1, 0.15) is 0 Å². The SMILES string of the molecule is O=C(Nc1cccc2ccncc12)c1cccs1. The van der Waals surface area contributed by atoms with E-state index in [-0.39, 0.29) is 5.91 Å². The van der Waals surface area contributed by atoms with E-state index in [0.717, 1.165) is 16.5 Å². The van der Waals surface area contributed by atoms with E-state index in [4.69, 9.17) is 0 Å². The third-order valence-corrected chi connectivity index (χ3v) is 3.55. The summed E-state index contributed by atoms with van der Waals surface area (Å²) in [6.07, 6.45) is 3.51. The monoisotopic (exact) mass is 254 g/mol. The predicted octanol–water partition coefficient (Wildman–Crippen LogP) is 3.55. The van der Waals surface area contributed by atoms with Crippen LogP contribution in [0.15, 0.2) is 54.2 Å². The molecule has 2 aromatic heterocycles. The normalized spacial score (nSPS) is 10.4. The zero-order valence-electron chi connectivity index (χ0n) is 9.46. The van der Waals surface area contributed by atoms with Crippen LogP contribution in [0.2, 0.25) is 0 Å². The number of thiophene rings is 1. The standard InChI is InChI=1S/C14H10N2OS/c17-14(13-5-2-8-18-13)16-12-4-1-3-10-6-7-15-9-11(10)12/h1-9H,(H,16,17). The summed E-state index contributed by atoms with van der Waals surface area (Å²) in [7, 11) is 0. The largest absolute Gasteiger partial charge is 0.321 e. The van der Waals surface area contributed by atoms with Gasteiger partial charge in [0.05, 0.1) is 10.6 Å². The fourth-order valence-corrected chi connectivity index (χ4v) is 2.43. The van der Waals surface area contributed by atoms with Crippen LogP contribution >= 0.6 is 11.3 Å². The zero-order valence-corrected chi connectivity index (χ0v) is 10.3. The number of rotatable bonds is 2. The van der Waals surface area contributed by atoms with Gasteiger partial charge in [-0.3, -0.25) is 9.78 Å². The van der Waals surface area contributed by atoms with Gasteiger partial charge in [-0.15, -0.1) is 11.3 Å². The lowest BCUT2D eigenvalue weighted by Gasteiger charge is -2.07. The van der Waals surface area contributed by atoms with Crippen molar-refractivity contribution in [1.82, 2.24) is 4.98 Å². The lowest BCUT2D eigenvalue weighted by molar-refractivity contribution is 0.103. The molecular weight excluding hydrogens is 244 g/mol.